The molecule has 1 aliphatic heterocycles. The number of hydrogen-bond donors (Lipinski definition) is 1. The van der Waals surface area contributed by atoms with Gasteiger partial charge < -0.3 is 19.3 Å². The van der Waals surface area contributed by atoms with Crippen molar-refractivity contribution >= 4 is 24.6 Å². The topological polar surface area (TPSA) is 115 Å². The zero-order valence-electron chi connectivity index (χ0n) is 22.3. The van der Waals surface area contributed by atoms with E-state index in [1.165, 1.54) is 32.1 Å². The number of hydrogen-bond acceptors (Lipinski definition) is 7. The molecule has 1 N–H and O–H groups in total. The maximum Gasteiger partial charge on any atom is 0.373 e. The second-order valence-corrected chi connectivity index (χ2v) is 8.49. The van der Waals surface area contributed by atoms with Crippen molar-refractivity contribution in [3.05, 3.63) is 118 Å². The number of aliphatic carboxylic acids is 1. The first-order valence-corrected chi connectivity index (χ1v) is 12.3. The third-order valence-corrected chi connectivity index (χ3v) is 5.67. The van der Waals surface area contributed by atoms with Gasteiger partial charge in [-0.15, -0.1) is 0 Å². The number of carbonyl (C=O) groups is 3. The Kier molecular flexibility index (Phi) is 10.1. The first-order chi connectivity index (χ1) is 19.2. The van der Waals surface area contributed by atoms with Gasteiger partial charge in [-0.05, 0) is 56.3 Å². The molecule has 208 valence electrons. The standard InChI is InChI=1S/C30H29FN2O7/c1-5-38-30(37)19(2)28(39-18-22-9-7-6-8-10-22)26(32-4)27-24(16-13-21-11-14-23(31)15-12-21)40-25(29(35)36)17-33(27)20(3)34/h6-12,14-17H,4-5,13,18H2,1-3H3,(H,35,36)/b24-16-,27-26+,28-19-. The number of ether oxygens (including phenoxy) is 3. The lowest BCUT2D eigenvalue weighted by atomic mass is 10.1. The van der Waals surface area contributed by atoms with Gasteiger partial charge in [0.15, 0.2) is 11.5 Å². The zero-order chi connectivity index (χ0) is 29.2. The maximum absolute atomic E-state index is 13.4. The van der Waals surface area contributed by atoms with Crippen LogP contribution in [-0.4, -0.2) is 41.2 Å². The largest absolute Gasteiger partial charge is 0.486 e. The number of esters is 1. The van der Waals surface area contributed by atoms with Crippen molar-refractivity contribution in [3.63, 3.8) is 0 Å². The fourth-order valence-corrected chi connectivity index (χ4v) is 3.71. The van der Waals surface area contributed by atoms with Gasteiger partial charge >= 0.3 is 11.9 Å². The summed E-state index contributed by atoms with van der Waals surface area (Å²) in [5.41, 5.74) is 1.46. The Morgan fingerprint density at radius 1 is 1.05 bits per heavy atom. The molecule has 0 saturated carbocycles. The normalized spacial score (nSPS) is 15.8. The van der Waals surface area contributed by atoms with E-state index in [4.69, 9.17) is 14.2 Å². The first kappa shape index (κ1) is 29.6. The molecule has 0 bridgehead atoms. The van der Waals surface area contributed by atoms with E-state index >= 15 is 0 Å². The van der Waals surface area contributed by atoms with Crippen LogP contribution in [0.2, 0.25) is 0 Å². The molecule has 1 heterocycles. The molecule has 0 spiro atoms. The molecule has 1 aliphatic rings. The Morgan fingerprint density at radius 2 is 1.73 bits per heavy atom. The second kappa shape index (κ2) is 13.7. The number of amides is 1. The molecule has 3 rings (SSSR count). The lowest BCUT2D eigenvalue weighted by molar-refractivity contribution is -0.139. The molecule has 1 amide bonds. The molecule has 0 aromatic heterocycles. The van der Waals surface area contributed by atoms with Crippen LogP contribution in [0, 0.1) is 5.82 Å². The minimum atomic E-state index is -1.41. The summed E-state index contributed by atoms with van der Waals surface area (Å²) in [6, 6.07) is 14.8. The van der Waals surface area contributed by atoms with Crippen molar-refractivity contribution in [3.8, 4) is 0 Å². The molecular weight excluding hydrogens is 519 g/mol. The van der Waals surface area contributed by atoms with Crippen molar-refractivity contribution in [1.29, 1.82) is 0 Å². The van der Waals surface area contributed by atoms with Crippen molar-refractivity contribution < 1.29 is 38.1 Å². The van der Waals surface area contributed by atoms with E-state index in [9.17, 15) is 23.9 Å². The summed E-state index contributed by atoms with van der Waals surface area (Å²) in [5, 5.41) is 9.65. The number of carboxylic acids is 1. The van der Waals surface area contributed by atoms with Crippen LogP contribution in [0.1, 0.15) is 31.9 Å². The van der Waals surface area contributed by atoms with Gasteiger partial charge in [0.25, 0.3) is 0 Å². The van der Waals surface area contributed by atoms with E-state index in [-0.39, 0.29) is 48.1 Å². The summed E-state index contributed by atoms with van der Waals surface area (Å²) in [4.78, 5) is 42.6. The maximum atomic E-state index is 13.4. The molecule has 10 heteroatoms. The number of rotatable bonds is 10. The number of aliphatic imine (C=N–C) groups is 1. The predicted molar refractivity (Wildman–Crippen MR) is 145 cm³/mol. The average molecular weight is 549 g/mol. The minimum absolute atomic E-state index is 0.00122. The van der Waals surface area contributed by atoms with E-state index in [0.29, 0.717) is 5.56 Å². The number of carboxylic acid groups (broad SMARTS) is 1. The summed E-state index contributed by atoms with van der Waals surface area (Å²) < 4.78 is 30.4. The van der Waals surface area contributed by atoms with E-state index < -0.39 is 29.4 Å². The van der Waals surface area contributed by atoms with Crippen molar-refractivity contribution in [2.75, 3.05) is 6.61 Å². The lowest BCUT2D eigenvalue weighted by Crippen LogP contribution is -2.31. The summed E-state index contributed by atoms with van der Waals surface area (Å²) in [5.74, 6) is -3.70. The van der Waals surface area contributed by atoms with Gasteiger partial charge in [-0.3, -0.25) is 14.7 Å². The summed E-state index contributed by atoms with van der Waals surface area (Å²) >= 11 is 0. The van der Waals surface area contributed by atoms with E-state index in [1.807, 2.05) is 30.3 Å². The van der Waals surface area contributed by atoms with Crippen molar-refractivity contribution in [1.82, 2.24) is 4.90 Å². The van der Waals surface area contributed by atoms with Crippen LogP contribution in [0.5, 0.6) is 0 Å². The fourth-order valence-electron chi connectivity index (χ4n) is 3.71. The third kappa shape index (κ3) is 7.31. The Bertz CT molecular complexity index is 1410. The SMILES string of the molecule is C=NC(/C(OCc1ccccc1)=C(\C)C(=O)OCC)=C1\C(=C\Cc2ccc(F)cc2)OC(C(=O)O)=CN1C(C)=O. The predicted octanol–water partition coefficient (Wildman–Crippen LogP) is 5.02. The molecule has 0 fully saturated rings. The Balaban J connectivity index is 2.25. The lowest BCUT2D eigenvalue weighted by Gasteiger charge is -2.30. The first-order valence-electron chi connectivity index (χ1n) is 12.3. The quantitative estimate of drug-likeness (QED) is 0.192. The molecule has 0 unspecified atom stereocenters. The Labute approximate surface area is 231 Å². The van der Waals surface area contributed by atoms with Gasteiger partial charge in [-0.1, -0.05) is 42.5 Å². The van der Waals surface area contributed by atoms with Gasteiger partial charge in [0.05, 0.1) is 18.4 Å². The molecule has 9 nitrogen and oxygen atoms in total. The van der Waals surface area contributed by atoms with Gasteiger partial charge in [-0.2, -0.15) is 0 Å². The molecule has 0 radical (unpaired) electrons. The van der Waals surface area contributed by atoms with Crippen molar-refractivity contribution in [2.24, 2.45) is 4.99 Å². The van der Waals surface area contributed by atoms with Crippen LogP contribution >= 0.6 is 0 Å². The highest BCUT2D eigenvalue weighted by molar-refractivity contribution is 5.90. The van der Waals surface area contributed by atoms with E-state index in [2.05, 4.69) is 11.7 Å². The van der Waals surface area contributed by atoms with Crippen LogP contribution in [0.25, 0.3) is 0 Å². The fraction of sp³-hybridized carbons (Fsp3) is 0.200. The summed E-state index contributed by atoms with van der Waals surface area (Å²) in [7, 11) is 0. The highest BCUT2D eigenvalue weighted by Crippen LogP contribution is 2.35. The van der Waals surface area contributed by atoms with E-state index in [0.717, 1.165) is 16.7 Å². The molecule has 2 aromatic rings. The average Bonchev–Trinajstić information content (AvgIpc) is 2.95. The Hall–Kier alpha value is -4.99. The van der Waals surface area contributed by atoms with Gasteiger partial charge in [0.1, 0.15) is 23.8 Å². The molecule has 40 heavy (non-hydrogen) atoms. The smallest absolute Gasteiger partial charge is 0.373 e. The summed E-state index contributed by atoms with van der Waals surface area (Å²) in [6.45, 7) is 8.13. The number of benzene rings is 2. The van der Waals surface area contributed by atoms with Gasteiger partial charge in [0.2, 0.25) is 11.7 Å². The van der Waals surface area contributed by atoms with Crippen LogP contribution in [0.4, 0.5) is 4.39 Å². The monoisotopic (exact) mass is 548 g/mol. The Morgan fingerprint density at radius 3 is 2.30 bits per heavy atom. The number of nitrogens with zero attached hydrogens (tertiary/aromatic N) is 2. The molecular formula is C30H29FN2O7. The van der Waals surface area contributed by atoms with E-state index in [1.54, 1.807) is 19.1 Å². The number of halogens is 1. The van der Waals surface area contributed by atoms with Gasteiger partial charge in [-0.25, -0.2) is 14.0 Å². The number of allylic oxidation sites excluding steroid dienone is 1. The van der Waals surface area contributed by atoms with Crippen LogP contribution < -0.4 is 0 Å². The van der Waals surface area contributed by atoms with Crippen LogP contribution in [0.3, 0.4) is 0 Å². The second-order valence-electron chi connectivity index (χ2n) is 8.49. The van der Waals surface area contributed by atoms with Crippen LogP contribution in [-0.2, 0) is 41.6 Å². The number of carbonyl (C=O) groups excluding carboxylic acids is 2. The highest BCUT2D eigenvalue weighted by atomic mass is 19.1. The summed E-state index contributed by atoms with van der Waals surface area (Å²) in [6.07, 6.45) is 2.71. The van der Waals surface area contributed by atoms with Crippen LogP contribution in [0.15, 0.2) is 106 Å². The minimum Gasteiger partial charge on any atom is -0.486 e. The van der Waals surface area contributed by atoms with Gasteiger partial charge in [0, 0.05) is 6.92 Å². The highest BCUT2D eigenvalue weighted by Gasteiger charge is 2.33. The zero-order valence-corrected chi connectivity index (χ0v) is 22.3. The molecule has 0 aliphatic carbocycles. The van der Waals surface area contributed by atoms with Crippen molar-refractivity contribution in [2.45, 2.75) is 33.8 Å². The molecule has 2 aromatic carbocycles. The third-order valence-electron chi connectivity index (χ3n) is 5.67. The molecule has 0 atom stereocenters. The molecule has 0 saturated heterocycles.